The molecule has 1 aliphatic heterocycles. The number of nitrogens with zero attached hydrogens (tertiary/aromatic N) is 2. The molecule has 2 aromatic rings. The van der Waals surface area contributed by atoms with Crippen LogP contribution in [0.5, 0.6) is 0 Å². The second-order valence-corrected chi connectivity index (χ2v) is 9.64. The molecule has 2 unspecified atom stereocenters. The standard InChI is InChI=1S/C20H23ClF4N4O2S/c1-13(17-3-2-4-19(27-17)20(23,24)25)28-32(30,31)18-6-5-14(11-16(18)21)26-15-7-9-29(12-15)10-8-22/h2-6,11,13,15,26,28H,7-10,12H2,1H3. The summed E-state index contributed by atoms with van der Waals surface area (Å²) in [7, 11) is -4.13. The fourth-order valence-corrected chi connectivity index (χ4v) is 5.29. The molecule has 2 atom stereocenters. The smallest absolute Gasteiger partial charge is 0.381 e. The molecule has 6 nitrogen and oxygen atoms in total. The van der Waals surface area contributed by atoms with Gasteiger partial charge in [-0.2, -0.15) is 13.2 Å². The van der Waals surface area contributed by atoms with E-state index >= 15 is 0 Å². The molecule has 1 saturated heterocycles. The molecule has 176 valence electrons. The number of hydrogen-bond donors (Lipinski definition) is 2. The molecule has 12 heteroatoms. The molecule has 0 bridgehead atoms. The zero-order chi connectivity index (χ0) is 23.5. The van der Waals surface area contributed by atoms with Crippen LogP contribution in [-0.2, 0) is 16.2 Å². The Bertz CT molecular complexity index is 1050. The number of benzene rings is 1. The number of likely N-dealkylation sites (tertiary alicyclic amines) is 1. The second kappa shape index (κ2) is 9.90. The van der Waals surface area contributed by atoms with Crippen molar-refractivity contribution in [1.82, 2.24) is 14.6 Å². The lowest BCUT2D eigenvalue weighted by molar-refractivity contribution is -0.141. The van der Waals surface area contributed by atoms with Crippen LogP contribution in [0.4, 0.5) is 23.2 Å². The first kappa shape index (κ1) is 24.7. The first-order valence-electron chi connectivity index (χ1n) is 9.90. The number of alkyl halides is 4. The van der Waals surface area contributed by atoms with Gasteiger partial charge in [-0.15, -0.1) is 0 Å². The highest BCUT2D eigenvalue weighted by atomic mass is 35.5. The van der Waals surface area contributed by atoms with E-state index in [1.165, 1.54) is 31.2 Å². The summed E-state index contributed by atoms with van der Waals surface area (Å²) in [5.74, 6) is 0. The van der Waals surface area contributed by atoms with E-state index in [1.807, 2.05) is 4.90 Å². The second-order valence-electron chi connectivity index (χ2n) is 7.55. The largest absolute Gasteiger partial charge is 0.433 e. The molecular weight excluding hydrogens is 472 g/mol. The van der Waals surface area contributed by atoms with Crippen LogP contribution in [0.3, 0.4) is 0 Å². The predicted molar refractivity (Wildman–Crippen MR) is 114 cm³/mol. The van der Waals surface area contributed by atoms with Crippen molar-refractivity contribution in [1.29, 1.82) is 0 Å². The Morgan fingerprint density at radius 1 is 1.28 bits per heavy atom. The Labute approximate surface area is 189 Å². The average Bonchev–Trinajstić information content (AvgIpc) is 3.14. The van der Waals surface area contributed by atoms with Crippen molar-refractivity contribution in [2.75, 3.05) is 31.6 Å². The Balaban J connectivity index is 1.70. The topological polar surface area (TPSA) is 74.3 Å². The maximum absolute atomic E-state index is 12.9. The molecule has 0 aliphatic carbocycles. The summed E-state index contributed by atoms with van der Waals surface area (Å²) >= 11 is 6.21. The van der Waals surface area contributed by atoms with Gasteiger partial charge in [0.1, 0.15) is 17.3 Å². The van der Waals surface area contributed by atoms with Gasteiger partial charge >= 0.3 is 6.18 Å². The minimum atomic E-state index is -4.64. The van der Waals surface area contributed by atoms with E-state index in [4.69, 9.17) is 11.6 Å². The van der Waals surface area contributed by atoms with Crippen LogP contribution in [0.1, 0.15) is 30.8 Å². The van der Waals surface area contributed by atoms with Crippen molar-refractivity contribution < 1.29 is 26.0 Å². The van der Waals surface area contributed by atoms with Crippen LogP contribution in [-0.4, -0.2) is 50.7 Å². The van der Waals surface area contributed by atoms with E-state index in [1.54, 1.807) is 6.07 Å². The molecule has 0 saturated carbocycles. The van der Waals surface area contributed by atoms with Crippen molar-refractivity contribution in [2.24, 2.45) is 0 Å². The molecule has 1 aliphatic rings. The number of nitrogens with one attached hydrogen (secondary N) is 2. The number of hydrogen-bond acceptors (Lipinski definition) is 5. The van der Waals surface area contributed by atoms with Gasteiger partial charge in [-0.25, -0.2) is 22.5 Å². The molecule has 2 N–H and O–H groups in total. The lowest BCUT2D eigenvalue weighted by Gasteiger charge is -2.18. The zero-order valence-corrected chi connectivity index (χ0v) is 18.7. The summed E-state index contributed by atoms with van der Waals surface area (Å²) < 4.78 is 79.0. The summed E-state index contributed by atoms with van der Waals surface area (Å²) in [6.45, 7) is 2.80. The molecule has 1 fully saturated rings. The summed E-state index contributed by atoms with van der Waals surface area (Å²) in [4.78, 5) is 5.30. The van der Waals surface area contributed by atoms with Crippen molar-refractivity contribution in [3.05, 3.63) is 52.8 Å². The Hall–Kier alpha value is -1.95. The third-order valence-electron chi connectivity index (χ3n) is 5.10. The van der Waals surface area contributed by atoms with Crippen LogP contribution in [0.25, 0.3) is 0 Å². The average molecular weight is 495 g/mol. The van der Waals surface area contributed by atoms with E-state index in [2.05, 4.69) is 15.0 Å². The number of halogens is 5. The lowest BCUT2D eigenvalue weighted by Crippen LogP contribution is -2.28. The Morgan fingerprint density at radius 3 is 2.69 bits per heavy atom. The highest BCUT2D eigenvalue weighted by molar-refractivity contribution is 7.89. The van der Waals surface area contributed by atoms with Gasteiger partial charge in [-0.05, 0) is 43.7 Å². The summed E-state index contributed by atoms with van der Waals surface area (Å²) in [6.07, 6.45) is -3.82. The maximum Gasteiger partial charge on any atom is 0.433 e. The zero-order valence-electron chi connectivity index (χ0n) is 17.2. The molecule has 0 spiro atoms. The third kappa shape index (κ3) is 6.09. The van der Waals surface area contributed by atoms with Crippen molar-refractivity contribution in [2.45, 2.75) is 36.5 Å². The molecule has 1 aromatic carbocycles. The van der Waals surface area contributed by atoms with Gasteiger partial charge in [-0.1, -0.05) is 17.7 Å². The highest BCUT2D eigenvalue weighted by Crippen LogP contribution is 2.30. The highest BCUT2D eigenvalue weighted by Gasteiger charge is 2.33. The van der Waals surface area contributed by atoms with E-state index < -0.39 is 34.6 Å². The maximum atomic E-state index is 12.9. The summed E-state index contributed by atoms with van der Waals surface area (Å²) in [5.41, 5.74) is -0.558. The number of anilines is 1. The number of sulfonamides is 1. The number of pyridine rings is 1. The Kier molecular flexibility index (Phi) is 7.64. The molecule has 2 heterocycles. The molecule has 0 amide bonds. The van der Waals surface area contributed by atoms with Crippen LogP contribution in [0, 0.1) is 0 Å². The van der Waals surface area contributed by atoms with Crippen molar-refractivity contribution in [3.8, 4) is 0 Å². The van der Waals surface area contributed by atoms with Gasteiger partial charge in [-0.3, -0.25) is 4.90 Å². The van der Waals surface area contributed by atoms with E-state index in [-0.39, 0.29) is 21.7 Å². The fraction of sp³-hybridized carbons (Fsp3) is 0.450. The number of aromatic nitrogens is 1. The molecule has 0 radical (unpaired) electrons. The van der Waals surface area contributed by atoms with Gasteiger partial charge in [0.25, 0.3) is 0 Å². The van der Waals surface area contributed by atoms with Crippen LogP contribution in [0.15, 0.2) is 41.3 Å². The quantitative estimate of drug-likeness (QED) is 0.537. The monoisotopic (exact) mass is 494 g/mol. The Morgan fingerprint density at radius 2 is 2.03 bits per heavy atom. The SMILES string of the molecule is CC(NS(=O)(=O)c1ccc(NC2CCN(CCF)C2)cc1Cl)c1cccc(C(F)(F)F)n1. The lowest BCUT2D eigenvalue weighted by atomic mass is 10.2. The molecule has 3 rings (SSSR count). The van der Waals surface area contributed by atoms with Gasteiger partial charge in [0, 0.05) is 31.4 Å². The fourth-order valence-electron chi connectivity index (χ4n) is 3.52. The first-order chi connectivity index (χ1) is 15.0. The molecule has 1 aromatic heterocycles. The van der Waals surface area contributed by atoms with Crippen LogP contribution < -0.4 is 10.0 Å². The van der Waals surface area contributed by atoms with E-state index in [9.17, 15) is 26.0 Å². The summed E-state index contributed by atoms with van der Waals surface area (Å²) in [6, 6.07) is 6.72. The van der Waals surface area contributed by atoms with Gasteiger partial charge < -0.3 is 5.32 Å². The van der Waals surface area contributed by atoms with Gasteiger partial charge in [0.15, 0.2) is 0 Å². The van der Waals surface area contributed by atoms with Crippen LogP contribution >= 0.6 is 11.6 Å². The van der Waals surface area contributed by atoms with E-state index in [0.29, 0.717) is 18.8 Å². The number of rotatable bonds is 8. The van der Waals surface area contributed by atoms with Gasteiger partial charge in [0.2, 0.25) is 10.0 Å². The predicted octanol–water partition coefficient (Wildman–Crippen LogP) is 4.25. The molecule has 32 heavy (non-hydrogen) atoms. The normalized spacial score (nSPS) is 18.6. The van der Waals surface area contributed by atoms with Crippen molar-refractivity contribution in [3.63, 3.8) is 0 Å². The first-order valence-corrected chi connectivity index (χ1v) is 11.8. The van der Waals surface area contributed by atoms with Crippen molar-refractivity contribution >= 4 is 27.3 Å². The minimum absolute atomic E-state index is 0.0367. The minimum Gasteiger partial charge on any atom is -0.381 e. The summed E-state index contributed by atoms with van der Waals surface area (Å²) in [5, 5.41) is 3.22. The van der Waals surface area contributed by atoms with E-state index in [0.717, 1.165) is 19.0 Å². The molecular formula is C20H23ClF4N4O2S. The third-order valence-corrected chi connectivity index (χ3v) is 7.13. The van der Waals surface area contributed by atoms with Gasteiger partial charge in [0.05, 0.1) is 16.8 Å². The van der Waals surface area contributed by atoms with Crippen LogP contribution in [0.2, 0.25) is 5.02 Å².